The summed E-state index contributed by atoms with van der Waals surface area (Å²) in [6.07, 6.45) is 0.799. The molecule has 0 radical (unpaired) electrons. The molecular weight excluding hydrogens is 410 g/mol. The first kappa shape index (κ1) is 17.7. The molecule has 0 saturated heterocycles. The predicted octanol–water partition coefficient (Wildman–Crippen LogP) is 3.79. The molecule has 2 aromatic carbocycles. The number of benzene rings is 2. The molecule has 0 fully saturated rings. The Balaban J connectivity index is 1.75. The van der Waals surface area contributed by atoms with Crippen LogP contribution in [0.4, 0.5) is 11.9 Å². The second-order valence-electron chi connectivity index (χ2n) is 6.35. The number of hydrogen-bond donors (Lipinski definition) is 2. The number of hydrogen-bond acceptors (Lipinski definition) is 6. The van der Waals surface area contributed by atoms with Crippen molar-refractivity contribution in [1.82, 2.24) is 14.8 Å². The van der Waals surface area contributed by atoms with Gasteiger partial charge in [0.15, 0.2) is 11.5 Å². The molecule has 2 heterocycles. The van der Waals surface area contributed by atoms with Gasteiger partial charge in [0.25, 0.3) is 0 Å². The summed E-state index contributed by atoms with van der Waals surface area (Å²) >= 11 is 3.49. The van der Waals surface area contributed by atoms with E-state index in [0.717, 1.165) is 16.5 Å². The number of fused-ring (bicyclic) bond motifs is 1. The molecule has 3 aromatic rings. The molecule has 2 atom stereocenters. The number of rotatable bonds is 4. The third-order valence-corrected chi connectivity index (χ3v) is 5.30. The van der Waals surface area contributed by atoms with E-state index in [2.05, 4.69) is 43.5 Å². The number of methoxy groups -OCH3 is 2. The summed E-state index contributed by atoms with van der Waals surface area (Å²) in [4.78, 5) is 4.35. The summed E-state index contributed by atoms with van der Waals surface area (Å²) in [7, 11) is 3.26. The van der Waals surface area contributed by atoms with Gasteiger partial charge in [0, 0.05) is 4.47 Å². The quantitative estimate of drug-likeness (QED) is 0.655. The van der Waals surface area contributed by atoms with Crippen molar-refractivity contribution in [2.24, 2.45) is 0 Å². The molecule has 27 heavy (non-hydrogen) atoms. The molecule has 0 aliphatic carbocycles. The van der Waals surface area contributed by atoms with Crippen LogP contribution in [0.25, 0.3) is 0 Å². The minimum atomic E-state index is -0.0282. The van der Waals surface area contributed by atoms with Crippen LogP contribution in [0.1, 0.15) is 29.6 Å². The van der Waals surface area contributed by atoms with Crippen LogP contribution in [0.2, 0.25) is 0 Å². The zero-order chi connectivity index (χ0) is 19.0. The lowest BCUT2D eigenvalue weighted by atomic mass is 9.93. The maximum Gasteiger partial charge on any atom is 0.241 e. The molecular formula is C19H20BrN5O2. The van der Waals surface area contributed by atoms with Crippen molar-refractivity contribution in [3.63, 3.8) is 0 Å². The molecule has 1 aromatic heterocycles. The normalized spacial score (nSPS) is 18.5. The highest BCUT2D eigenvalue weighted by atomic mass is 79.9. The van der Waals surface area contributed by atoms with E-state index in [0.29, 0.717) is 17.4 Å². The van der Waals surface area contributed by atoms with Crippen LogP contribution < -0.4 is 20.5 Å². The average molecular weight is 430 g/mol. The molecule has 0 bridgehead atoms. The largest absolute Gasteiger partial charge is 0.493 e. The van der Waals surface area contributed by atoms with Gasteiger partial charge in [-0.2, -0.15) is 4.98 Å². The third-order valence-electron chi connectivity index (χ3n) is 4.77. The molecule has 3 N–H and O–H groups in total. The van der Waals surface area contributed by atoms with Gasteiger partial charge in [0.2, 0.25) is 11.9 Å². The van der Waals surface area contributed by atoms with Gasteiger partial charge in [0.1, 0.15) is 0 Å². The van der Waals surface area contributed by atoms with Crippen LogP contribution in [0.15, 0.2) is 46.9 Å². The average Bonchev–Trinajstić information content (AvgIpc) is 3.07. The lowest BCUT2D eigenvalue weighted by Crippen LogP contribution is -2.28. The van der Waals surface area contributed by atoms with Crippen molar-refractivity contribution in [1.29, 1.82) is 0 Å². The molecule has 0 spiro atoms. The fourth-order valence-corrected chi connectivity index (χ4v) is 3.71. The molecule has 1 aliphatic rings. The molecule has 0 amide bonds. The number of nitrogens with zero attached hydrogens (tertiary/aromatic N) is 3. The number of aromatic nitrogens is 3. The zero-order valence-corrected chi connectivity index (χ0v) is 16.6. The summed E-state index contributed by atoms with van der Waals surface area (Å²) in [5.74, 6) is 2.28. The Bertz CT molecular complexity index is 957. The number of halogens is 1. The Morgan fingerprint density at radius 1 is 1.07 bits per heavy atom. The van der Waals surface area contributed by atoms with Crippen molar-refractivity contribution in [3.05, 3.63) is 58.1 Å². The highest BCUT2D eigenvalue weighted by Crippen LogP contribution is 2.40. The number of ether oxygens (including phenoxy) is 2. The minimum absolute atomic E-state index is 0.0282. The Hall–Kier alpha value is -2.74. The highest BCUT2D eigenvalue weighted by Gasteiger charge is 2.31. The van der Waals surface area contributed by atoms with E-state index < -0.39 is 0 Å². The van der Waals surface area contributed by atoms with E-state index in [9.17, 15) is 0 Å². The molecule has 140 valence electrons. The molecule has 8 heteroatoms. The summed E-state index contributed by atoms with van der Waals surface area (Å²) in [6.45, 7) is 0. The second-order valence-corrected chi connectivity index (χ2v) is 7.27. The molecule has 4 rings (SSSR count). The van der Waals surface area contributed by atoms with Crippen LogP contribution in [0.3, 0.4) is 0 Å². The van der Waals surface area contributed by atoms with E-state index in [1.807, 2.05) is 35.0 Å². The summed E-state index contributed by atoms with van der Waals surface area (Å²) in [5, 5.41) is 7.83. The fourth-order valence-electron chi connectivity index (χ4n) is 3.45. The van der Waals surface area contributed by atoms with E-state index >= 15 is 0 Å². The van der Waals surface area contributed by atoms with Crippen LogP contribution in [-0.4, -0.2) is 29.0 Å². The fraction of sp³-hybridized carbons (Fsp3) is 0.263. The van der Waals surface area contributed by atoms with Crippen LogP contribution in [0, 0.1) is 0 Å². The number of nitrogens with one attached hydrogen (secondary N) is 1. The Kier molecular flexibility index (Phi) is 4.65. The van der Waals surface area contributed by atoms with Gasteiger partial charge < -0.3 is 20.5 Å². The topological polar surface area (TPSA) is 87.2 Å². The molecule has 7 nitrogen and oxygen atoms in total. The lowest BCUT2D eigenvalue weighted by Gasteiger charge is -2.32. The first-order chi connectivity index (χ1) is 13.1. The first-order valence-corrected chi connectivity index (χ1v) is 9.34. The number of nitrogen functional groups attached to an aromatic ring is 1. The van der Waals surface area contributed by atoms with Gasteiger partial charge in [-0.15, -0.1) is 5.10 Å². The maximum absolute atomic E-state index is 5.87. The minimum Gasteiger partial charge on any atom is -0.493 e. The summed E-state index contributed by atoms with van der Waals surface area (Å²) in [6, 6.07) is 14.3. The predicted molar refractivity (Wildman–Crippen MR) is 107 cm³/mol. The molecule has 0 saturated carbocycles. The Morgan fingerprint density at radius 2 is 1.78 bits per heavy atom. The standard InChI is InChI=1S/C19H20BrN5O2/c1-26-16-8-5-12(9-17(16)27-2)15-10-14(11-3-6-13(20)7-4-11)22-19-23-18(21)24-25(15)19/h3-9,14-15H,10H2,1-2H3,(H3,21,22,23,24)/t14-,15+/m1/s1. The van der Waals surface area contributed by atoms with Crippen molar-refractivity contribution < 1.29 is 9.47 Å². The van der Waals surface area contributed by atoms with Crippen LogP contribution >= 0.6 is 15.9 Å². The zero-order valence-electron chi connectivity index (χ0n) is 15.0. The smallest absolute Gasteiger partial charge is 0.241 e. The maximum atomic E-state index is 5.87. The van der Waals surface area contributed by atoms with Crippen LogP contribution in [-0.2, 0) is 0 Å². The van der Waals surface area contributed by atoms with Crippen LogP contribution in [0.5, 0.6) is 11.5 Å². The molecule has 1 aliphatic heterocycles. The van der Waals surface area contributed by atoms with Gasteiger partial charge in [-0.3, -0.25) is 0 Å². The van der Waals surface area contributed by atoms with Crippen molar-refractivity contribution in [2.45, 2.75) is 18.5 Å². The monoisotopic (exact) mass is 429 g/mol. The van der Waals surface area contributed by atoms with Crippen molar-refractivity contribution in [3.8, 4) is 11.5 Å². The van der Waals surface area contributed by atoms with Gasteiger partial charge in [0.05, 0.1) is 26.3 Å². The lowest BCUT2D eigenvalue weighted by molar-refractivity contribution is 0.352. The van der Waals surface area contributed by atoms with Gasteiger partial charge in [-0.25, -0.2) is 4.68 Å². The SMILES string of the molecule is COc1ccc([C@@H]2C[C@H](c3ccc(Br)cc3)Nc3nc(N)nn32)cc1OC. The van der Waals surface area contributed by atoms with Gasteiger partial charge >= 0.3 is 0 Å². The first-order valence-electron chi connectivity index (χ1n) is 8.55. The number of nitrogens with two attached hydrogens (primary N) is 1. The van der Waals surface area contributed by atoms with E-state index in [4.69, 9.17) is 15.2 Å². The Labute approximate surface area is 165 Å². The van der Waals surface area contributed by atoms with Gasteiger partial charge in [-0.05, 0) is 41.8 Å². The second kappa shape index (κ2) is 7.11. The number of anilines is 2. The van der Waals surface area contributed by atoms with E-state index in [1.165, 1.54) is 5.56 Å². The molecule has 0 unspecified atom stereocenters. The van der Waals surface area contributed by atoms with E-state index in [1.54, 1.807) is 14.2 Å². The van der Waals surface area contributed by atoms with Crippen molar-refractivity contribution >= 4 is 27.8 Å². The summed E-state index contributed by atoms with van der Waals surface area (Å²) < 4.78 is 13.7. The Morgan fingerprint density at radius 3 is 2.48 bits per heavy atom. The van der Waals surface area contributed by atoms with E-state index in [-0.39, 0.29) is 18.0 Å². The summed E-state index contributed by atoms with van der Waals surface area (Å²) in [5.41, 5.74) is 8.11. The highest BCUT2D eigenvalue weighted by molar-refractivity contribution is 9.10. The van der Waals surface area contributed by atoms with Gasteiger partial charge in [-0.1, -0.05) is 34.1 Å². The third kappa shape index (κ3) is 3.32. The van der Waals surface area contributed by atoms with Crippen molar-refractivity contribution in [2.75, 3.05) is 25.3 Å².